The second kappa shape index (κ2) is 17.8. The highest BCUT2D eigenvalue weighted by atomic mass is 19.1. The van der Waals surface area contributed by atoms with Crippen LogP contribution in [0.4, 0.5) is 19.4 Å². The van der Waals surface area contributed by atoms with Crippen LogP contribution in [0.2, 0.25) is 0 Å². The zero-order valence-electron chi connectivity index (χ0n) is 33.6. The third-order valence-corrected chi connectivity index (χ3v) is 11.6. The molecule has 0 radical (unpaired) electrons. The highest BCUT2D eigenvalue weighted by Crippen LogP contribution is 2.48. The molecule has 318 valence electrons. The van der Waals surface area contributed by atoms with Crippen LogP contribution in [0.25, 0.3) is 0 Å². The maximum absolute atomic E-state index is 14.3. The van der Waals surface area contributed by atoms with Crippen LogP contribution in [0.1, 0.15) is 76.8 Å². The molecule has 1 saturated carbocycles. The Morgan fingerprint density at radius 2 is 1.59 bits per heavy atom. The summed E-state index contributed by atoms with van der Waals surface area (Å²) in [5, 5.41) is 21.0. The Balaban J connectivity index is 1.14. The van der Waals surface area contributed by atoms with E-state index in [-0.39, 0.29) is 48.5 Å². The third kappa shape index (κ3) is 9.69. The van der Waals surface area contributed by atoms with Crippen molar-refractivity contribution in [2.75, 3.05) is 25.0 Å². The number of nitrogens with one attached hydrogen (secondary N) is 4. The number of anilines is 1. The summed E-state index contributed by atoms with van der Waals surface area (Å²) in [7, 11) is 0. The number of benzene rings is 1. The van der Waals surface area contributed by atoms with Crippen molar-refractivity contribution in [2.24, 2.45) is 5.92 Å². The maximum Gasteiger partial charge on any atom is 0.321 e. The lowest BCUT2D eigenvalue weighted by atomic mass is 9.99. The van der Waals surface area contributed by atoms with Crippen LogP contribution >= 0.6 is 0 Å². The molecule has 7 amide bonds. The fourth-order valence-electron chi connectivity index (χ4n) is 8.59. The number of piperidine rings is 1. The van der Waals surface area contributed by atoms with E-state index in [1.54, 1.807) is 24.8 Å². The Labute approximate surface area is 340 Å². The average Bonchev–Trinajstić information content (AvgIpc) is 3.46. The van der Waals surface area contributed by atoms with E-state index in [4.69, 9.17) is 0 Å². The van der Waals surface area contributed by atoms with E-state index in [2.05, 4.69) is 26.3 Å². The fraction of sp³-hybridized carbons (Fsp3) is 0.561. The van der Waals surface area contributed by atoms with Gasteiger partial charge in [0.25, 0.3) is 0 Å². The Hall–Kier alpha value is -5.52. The molecule has 1 aliphatic carbocycles. The van der Waals surface area contributed by atoms with Crippen LogP contribution in [0.3, 0.4) is 0 Å². The van der Waals surface area contributed by atoms with Gasteiger partial charge < -0.3 is 35.8 Å². The van der Waals surface area contributed by atoms with Crippen molar-refractivity contribution in [3.8, 4) is 0 Å². The molecule has 1 aromatic carbocycles. The van der Waals surface area contributed by atoms with Crippen molar-refractivity contribution in [3.05, 3.63) is 59.3 Å². The lowest BCUT2D eigenvalue weighted by Gasteiger charge is -2.39. The zero-order valence-corrected chi connectivity index (χ0v) is 33.6. The van der Waals surface area contributed by atoms with E-state index in [1.807, 2.05) is 6.92 Å². The van der Waals surface area contributed by atoms with Crippen LogP contribution in [-0.2, 0) is 35.2 Å². The Morgan fingerprint density at radius 3 is 2.24 bits per heavy atom. The zero-order chi connectivity index (χ0) is 42.8. The molecule has 0 unspecified atom stereocenters. The van der Waals surface area contributed by atoms with Gasteiger partial charge in [-0.25, -0.2) is 18.6 Å². The summed E-state index contributed by atoms with van der Waals surface area (Å²) in [5.41, 5.74) is 0.0689. The van der Waals surface area contributed by atoms with Crippen molar-refractivity contribution in [1.82, 2.24) is 35.6 Å². The maximum atomic E-state index is 14.3. The van der Waals surface area contributed by atoms with Crippen LogP contribution in [0.5, 0.6) is 0 Å². The number of pyridine rings is 1. The van der Waals surface area contributed by atoms with Crippen LogP contribution in [-0.4, -0.2) is 128 Å². The van der Waals surface area contributed by atoms with Gasteiger partial charge in [0.05, 0.1) is 6.10 Å². The summed E-state index contributed by atoms with van der Waals surface area (Å²) < 4.78 is 28.3. The van der Waals surface area contributed by atoms with Gasteiger partial charge in [-0.15, -0.1) is 0 Å². The van der Waals surface area contributed by atoms with Crippen LogP contribution in [0, 0.1) is 24.5 Å². The number of hydrogen-bond donors (Lipinski definition) is 5. The number of aryl methyl sites for hydroxylation is 1. The highest BCUT2D eigenvalue weighted by molar-refractivity contribution is 6.09. The molecule has 1 aromatic heterocycles. The van der Waals surface area contributed by atoms with E-state index >= 15 is 0 Å². The van der Waals surface area contributed by atoms with Gasteiger partial charge in [0, 0.05) is 44.7 Å². The highest BCUT2D eigenvalue weighted by Gasteiger charge is 2.63. The molecule has 18 heteroatoms. The largest absolute Gasteiger partial charge is 0.391 e. The topological polar surface area (TPSA) is 210 Å². The Bertz CT molecular complexity index is 1960. The second-order valence-corrected chi connectivity index (χ2v) is 16.4. The number of Topliss-reactive ketones (excluding diaryl/α,β-unsaturated/α-hetero) is 1. The van der Waals surface area contributed by atoms with Crippen molar-refractivity contribution >= 4 is 47.2 Å². The van der Waals surface area contributed by atoms with Gasteiger partial charge in [-0.3, -0.25) is 34.1 Å². The van der Waals surface area contributed by atoms with E-state index in [9.17, 15) is 47.4 Å². The standard InChI is InChI=1S/C41H52F2N8O8/c1-22-10-11-33(44-20-22)47-40(59)46-29(16-26-14-27(42)17-28(43)15-26)35(54)48-34(25(4)52)39(58)50-13-7-9-31(50)38(57)49-12-6-5-8-30(49)36(55)45-24(3)37(56)51-21-23(2)18-41(51)19-32(41)53/h10-11,14-15,17,20,23-25,29-31,34,52H,5-9,12-13,16,18-19,21H2,1-4H3,(H,45,55)(H,48,54)(H2,44,46,47,59)/t23-,24+,25+,29+,30+,31+,34+,41+/m1/s1. The number of hydrogen-bond acceptors (Lipinski definition) is 9. The first-order chi connectivity index (χ1) is 28.0. The smallest absolute Gasteiger partial charge is 0.321 e. The normalized spacial score (nSPS) is 24.6. The molecule has 6 rings (SSSR count). The Kier molecular flexibility index (Phi) is 13.0. The second-order valence-electron chi connectivity index (χ2n) is 16.4. The van der Waals surface area contributed by atoms with Crippen LogP contribution < -0.4 is 21.3 Å². The first-order valence-corrected chi connectivity index (χ1v) is 20.2. The van der Waals surface area contributed by atoms with E-state index < -0.39 is 89.6 Å². The Morgan fingerprint density at radius 1 is 0.915 bits per heavy atom. The summed E-state index contributed by atoms with van der Waals surface area (Å²) in [6.07, 6.45) is 2.75. The number of rotatable bonds is 12. The van der Waals surface area contributed by atoms with Gasteiger partial charge >= 0.3 is 6.03 Å². The number of nitrogens with zero attached hydrogens (tertiary/aromatic N) is 4. The number of aromatic nitrogens is 1. The monoisotopic (exact) mass is 822 g/mol. The third-order valence-electron chi connectivity index (χ3n) is 11.6. The van der Waals surface area contributed by atoms with Crippen molar-refractivity contribution in [2.45, 2.75) is 121 Å². The molecule has 0 bridgehead atoms. The first-order valence-electron chi connectivity index (χ1n) is 20.2. The minimum atomic E-state index is -1.60. The molecule has 8 atom stereocenters. The molecule has 4 fully saturated rings. The predicted octanol–water partition coefficient (Wildman–Crippen LogP) is 1.72. The van der Waals surface area contributed by atoms with Crippen LogP contribution in [0.15, 0.2) is 36.5 Å². The van der Waals surface area contributed by atoms with Crippen molar-refractivity contribution < 1.29 is 47.4 Å². The summed E-state index contributed by atoms with van der Waals surface area (Å²) in [4.78, 5) is 103. The molecule has 3 aliphatic heterocycles. The number of aliphatic hydroxyl groups excluding tert-OH is 1. The van der Waals surface area contributed by atoms with E-state index in [1.165, 1.54) is 29.0 Å². The first kappa shape index (κ1) is 43.1. The predicted molar refractivity (Wildman–Crippen MR) is 208 cm³/mol. The summed E-state index contributed by atoms with van der Waals surface area (Å²) >= 11 is 0. The number of likely N-dealkylation sites (tertiary alicyclic amines) is 3. The summed E-state index contributed by atoms with van der Waals surface area (Å²) in [6.45, 7) is 7.36. The SMILES string of the molecule is Cc1ccc(NC(=O)N[C@@H](Cc2cc(F)cc(F)c2)C(=O)N[C@H](C(=O)N2CCC[C@H]2C(=O)N2CCCC[C@H]2C(=O)N[C@@H](C)C(=O)N2C[C@H](C)C[C@@]23CC3=O)[C@H](C)O)nc1. The molecule has 2 aromatic rings. The molecule has 59 heavy (non-hydrogen) atoms. The summed E-state index contributed by atoms with van der Waals surface area (Å²) in [5.74, 6) is -4.61. The van der Waals surface area contributed by atoms with E-state index in [0.29, 0.717) is 51.1 Å². The van der Waals surface area contributed by atoms with E-state index in [0.717, 1.165) is 17.7 Å². The average molecular weight is 823 g/mol. The van der Waals surface area contributed by atoms with Crippen molar-refractivity contribution in [3.63, 3.8) is 0 Å². The van der Waals surface area contributed by atoms with Gasteiger partial charge in [-0.2, -0.15) is 0 Å². The quantitative estimate of drug-likeness (QED) is 0.211. The lowest BCUT2D eigenvalue weighted by molar-refractivity contribution is -0.152. The minimum Gasteiger partial charge on any atom is -0.391 e. The minimum absolute atomic E-state index is 0.0157. The van der Waals surface area contributed by atoms with Gasteiger partial charge in [-0.1, -0.05) is 13.0 Å². The van der Waals surface area contributed by atoms with Gasteiger partial charge in [0.15, 0.2) is 5.78 Å². The number of halogens is 2. The number of aliphatic hydroxyl groups is 1. The molecular weight excluding hydrogens is 770 g/mol. The molecular formula is C41H52F2N8O8. The molecule has 5 N–H and O–H groups in total. The number of urea groups is 1. The number of carbonyl (C=O) groups is 7. The molecule has 4 heterocycles. The number of ketones is 1. The molecule has 1 spiro atoms. The number of amides is 7. The molecule has 4 aliphatic rings. The fourth-order valence-corrected chi connectivity index (χ4v) is 8.59. The van der Waals surface area contributed by atoms with Crippen molar-refractivity contribution in [1.29, 1.82) is 0 Å². The van der Waals surface area contributed by atoms with Gasteiger partial charge in [-0.05, 0) is 94.5 Å². The van der Waals surface area contributed by atoms with Gasteiger partial charge in [0.2, 0.25) is 29.5 Å². The lowest BCUT2D eigenvalue weighted by Crippen LogP contribution is -2.62. The number of carbonyl (C=O) groups excluding carboxylic acids is 7. The van der Waals surface area contributed by atoms with Gasteiger partial charge in [0.1, 0.15) is 53.2 Å². The molecule has 3 saturated heterocycles. The summed E-state index contributed by atoms with van der Waals surface area (Å²) in [6, 6.07) is -1.01. The molecule has 16 nitrogen and oxygen atoms in total.